The average Bonchev–Trinajstić information content (AvgIpc) is 3.09. The number of rotatable bonds is 6. The molecule has 2 aromatic carbocycles. The number of phenols is 1. The van der Waals surface area contributed by atoms with Crippen molar-refractivity contribution >= 4 is 23.0 Å². The normalized spacial score (nSPS) is 11.1. The van der Waals surface area contributed by atoms with Crippen molar-refractivity contribution in [2.45, 2.75) is 13.5 Å². The summed E-state index contributed by atoms with van der Waals surface area (Å²) in [7, 11) is 0. The lowest BCUT2D eigenvalue weighted by Gasteiger charge is -2.12. The molecule has 0 saturated carbocycles. The Hall–Kier alpha value is -3.21. The van der Waals surface area contributed by atoms with Crippen LogP contribution in [-0.2, 0) is 16.1 Å². The molecule has 1 heterocycles. The van der Waals surface area contributed by atoms with E-state index in [1.54, 1.807) is 25.1 Å². The zero-order chi connectivity index (χ0) is 17.6. The van der Waals surface area contributed by atoms with Gasteiger partial charge in [-0.3, -0.25) is 0 Å². The van der Waals surface area contributed by atoms with Crippen LogP contribution in [0.3, 0.4) is 0 Å². The Morgan fingerprint density at radius 3 is 2.80 bits per heavy atom. The zero-order valence-electron chi connectivity index (χ0n) is 13.8. The molecular weight excluding hydrogens is 320 g/mol. The molecule has 25 heavy (non-hydrogen) atoms. The van der Waals surface area contributed by atoms with Gasteiger partial charge in [0.1, 0.15) is 6.61 Å². The SMILES string of the molecule is CCOC(=O)/C=C/c1cc2ccoc2c(O)c1OCc1ccccc1. The van der Waals surface area contributed by atoms with Crippen molar-refractivity contribution in [3.8, 4) is 11.5 Å². The van der Waals surface area contributed by atoms with Gasteiger partial charge in [-0.25, -0.2) is 4.79 Å². The third-order valence-corrected chi connectivity index (χ3v) is 3.61. The van der Waals surface area contributed by atoms with Gasteiger partial charge in [0.05, 0.1) is 12.9 Å². The van der Waals surface area contributed by atoms with Crippen LogP contribution in [0.25, 0.3) is 17.0 Å². The number of carbonyl (C=O) groups is 1. The molecular formula is C20H18O5. The van der Waals surface area contributed by atoms with Gasteiger partial charge in [0.25, 0.3) is 0 Å². The smallest absolute Gasteiger partial charge is 0.330 e. The minimum atomic E-state index is -0.455. The first-order valence-electron chi connectivity index (χ1n) is 7.93. The third-order valence-electron chi connectivity index (χ3n) is 3.61. The van der Waals surface area contributed by atoms with Crippen LogP contribution in [0.2, 0.25) is 0 Å². The second kappa shape index (κ2) is 7.57. The highest BCUT2D eigenvalue weighted by Crippen LogP contribution is 2.39. The van der Waals surface area contributed by atoms with Crippen molar-refractivity contribution in [2.24, 2.45) is 0 Å². The number of fused-ring (bicyclic) bond motifs is 1. The van der Waals surface area contributed by atoms with Crippen LogP contribution in [0.4, 0.5) is 0 Å². The largest absolute Gasteiger partial charge is 0.502 e. The summed E-state index contributed by atoms with van der Waals surface area (Å²) in [5.41, 5.74) is 1.87. The first-order valence-corrected chi connectivity index (χ1v) is 7.93. The van der Waals surface area contributed by atoms with Gasteiger partial charge in [-0.2, -0.15) is 0 Å². The summed E-state index contributed by atoms with van der Waals surface area (Å²) in [5.74, 6) is -0.294. The van der Waals surface area contributed by atoms with E-state index in [4.69, 9.17) is 13.9 Å². The lowest BCUT2D eigenvalue weighted by atomic mass is 10.1. The summed E-state index contributed by atoms with van der Waals surface area (Å²) in [6.45, 7) is 2.32. The Kier molecular flexibility index (Phi) is 5.04. The van der Waals surface area contributed by atoms with E-state index in [0.717, 1.165) is 5.56 Å². The molecule has 3 aromatic rings. The van der Waals surface area contributed by atoms with Crippen LogP contribution in [0.1, 0.15) is 18.1 Å². The molecule has 0 spiro atoms. The number of aromatic hydroxyl groups is 1. The maximum atomic E-state index is 11.6. The van der Waals surface area contributed by atoms with Gasteiger partial charge < -0.3 is 19.0 Å². The molecule has 0 fully saturated rings. The van der Waals surface area contributed by atoms with Gasteiger partial charge in [-0.05, 0) is 30.7 Å². The van der Waals surface area contributed by atoms with Crippen LogP contribution in [0.15, 0.2) is 59.2 Å². The summed E-state index contributed by atoms with van der Waals surface area (Å²) >= 11 is 0. The standard InChI is InChI=1S/C20H18O5/c1-2-23-17(21)9-8-15-12-16-10-11-24-19(16)18(22)20(15)25-13-14-6-4-3-5-7-14/h3-12,22H,2,13H2,1H3/b9-8+. The van der Waals surface area contributed by atoms with E-state index in [9.17, 15) is 9.90 Å². The molecule has 0 amide bonds. The van der Waals surface area contributed by atoms with Crippen LogP contribution in [0, 0.1) is 0 Å². The number of carbonyl (C=O) groups excluding carboxylic acids is 1. The minimum Gasteiger partial charge on any atom is -0.502 e. The van der Waals surface area contributed by atoms with Crippen LogP contribution < -0.4 is 4.74 Å². The van der Waals surface area contributed by atoms with Crippen molar-refractivity contribution in [2.75, 3.05) is 6.61 Å². The Bertz CT molecular complexity index is 893. The number of esters is 1. The number of hydrogen-bond donors (Lipinski definition) is 1. The highest BCUT2D eigenvalue weighted by atomic mass is 16.5. The molecule has 0 bridgehead atoms. The fraction of sp³-hybridized carbons (Fsp3) is 0.150. The van der Waals surface area contributed by atoms with E-state index in [1.165, 1.54) is 12.3 Å². The summed E-state index contributed by atoms with van der Waals surface area (Å²) < 4.78 is 16.0. The van der Waals surface area contributed by atoms with Gasteiger partial charge in [0.15, 0.2) is 11.3 Å². The van der Waals surface area contributed by atoms with Gasteiger partial charge in [-0.15, -0.1) is 0 Å². The van der Waals surface area contributed by atoms with Crippen molar-refractivity contribution < 1.29 is 23.8 Å². The molecule has 1 aromatic heterocycles. The summed E-state index contributed by atoms with van der Waals surface area (Å²) in [5, 5.41) is 11.2. The Labute approximate surface area is 145 Å². The second-order valence-corrected chi connectivity index (χ2v) is 5.34. The van der Waals surface area contributed by atoms with Crippen molar-refractivity contribution in [3.05, 3.63) is 65.9 Å². The molecule has 0 atom stereocenters. The van der Waals surface area contributed by atoms with E-state index in [1.807, 2.05) is 30.3 Å². The second-order valence-electron chi connectivity index (χ2n) is 5.34. The van der Waals surface area contributed by atoms with Crippen LogP contribution in [0.5, 0.6) is 11.5 Å². The van der Waals surface area contributed by atoms with Crippen molar-refractivity contribution in [1.29, 1.82) is 0 Å². The predicted octanol–water partition coefficient (Wildman–Crippen LogP) is 4.29. The summed E-state index contributed by atoms with van der Waals surface area (Å²) in [4.78, 5) is 11.6. The molecule has 0 aliphatic carbocycles. The summed E-state index contributed by atoms with van der Waals surface area (Å²) in [6, 6.07) is 13.1. The molecule has 0 aliphatic rings. The van der Waals surface area contributed by atoms with E-state index in [2.05, 4.69) is 0 Å². The lowest BCUT2D eigenvalue weighted by Crippen LogP contribution is -2.00. The topological polar surface area (TPSA) is 68.9 Å². The Balaban J connectivity index is 1.94. The van der Waals surface area contributed by atoms with Crippen molar-refractivity contribution in [3.63, 3.8) is 0 Å². The molecule has 3 rings (SSSR count). The van der Waals surface area contributed by atoms with E-state index < -0.39 is 5.97 Å². The maximum Gasteiger partial charge on any atom is 0.330 e. The van der Waals surface area contributed by atoms with Crippen LogP contribution >= 0.6 is 0 Å². The lowest BCUT2D eigenvalue weighted by molar-refractivity contribution is -0.137. The van der Waals surface area contributed by atoms with Gasteiger partial charge in [0, 0.05) is 17.0 Å². The number of benzene rings is 2. The predicted molar refractivity (Wildman–Crippen MR) is 94.3 cm³/mol. The number of hydrogen-bond acceptors (Lipinski definition) is 5. The molecule has 5 nitrogen and oxygen atoms in total. The number of furan rings is 1. The number of phenolic OH excluding ortho intramolecular Hbond substituents is 1. The summed E-state index contributed by atoms with van der Waals surface area (Å²) in [6.07, 6.45) is 4.36. The highest BCUT2D eigenvalue weighted by Gasteiger charge is 2.16. The monoisotopic (exact) mass is 338 g/mol. The zero-order valence-corrected chi connectivity index (χ0v) is 13.8. The molecule has 0 aliphatic heterocycles. The van der Waals surface area contributed by atoms with Gasteiger partial charge in [0.2, 0.25) is 5.75 Å². The fourth-order valence-electron chi connectivity index (χ4n) is 2.45. The molecule has 1 N–H and O–H groups in total. The Morgan fingerprint density at radius 1 is 1.24 bits per heavy atom. The van der Waals surface area contributed by atoms with E-state index in [0.29, 0.717) is 23.1 Å². The first kappa shape index (κ1) is 16.6. The van der Waals surface area contributed by atoms with E-state index >= 15 is 0 Å². The average molecular weight is 338 g/mol. The molecule has 0 radical (unpaired) electrons. The number of ether oxygens (including phenoxy) is 2. The third kappa shape index (κ3) is 3.83. The molecule has 5 heteroatoms. The van der Waals surface area contributed by atoms with E-state index in [-0.39, 0.29) is 18.1 Å². The maximum absolute atomic E-state index is 11.6. The van der Waals surface area contributed by atoms with Gasteiger partial charge >= 0.3 is 5.97 Å². The van der Waals surface area contributed by atoms with Gasteiger partial charge in [-0.1, -0.05) is 30.3 Å². The minimum absolute atomic E-state index is 0.0954. The van der Waals surface area contributed by atoms with Crippen molar-refractivity contribution in [1.82, 2.24) is 0 Å². The highest BCUT2D eigenvalue weighted by molar-refractivity contribution is 5.93. The van der Waals surface area contributed by atoms with Crippen LogP contribution in [-0.4, -0.2) is 17.7 Å². The first-order chi connectivity index (χ1) is 12.2. The fourth-order valence-corrected chi connectivity index (χ4v) is 2.45. The molecule has 0 saturated heterocycles. The quantitative estimate of drug-likeness (QED) is 0.536. The molecule has 0 unspecified atom stereocenters. The molecule has 128 valence electrons. The Morgan fingerprint density at radius 2 is 2.04 bits per heavy atom.